The largest absolute Gasteiger partial charge is 0.467 e. The fourth-order valence-electron chi connectivity index (χ4n) is 1.49. The summed E-state index contributed by atoms with van der Waals surface area (Å²) in [7, 11) is 0. The highest BCUT2D eigenvalue weighted by atomic mass is 16.4. The smallest absolute Gasteiger partial charge is 0.287 e. The van der Waals surface area contributed by atoms with E-state index in [0.717, 1.165) is 0 Å². The van der Waals surface area contributed by atoms with Crippen LogP contribution in [0, 0.1) is 0 Å². The lowest BCUT2D eigenvalue weighted by molar-refractivity contribution is 0.0905. The maximum Gasteiger partial charge on any atom is 0.287 e. The van der Waals surface area contributed by atoms with Gasteiger partial charge in [-0.25, -0.2) is 0 Å². The van der Waals surface area contributed by atoms with Gasteiger partial charge in [0.25, 0.3) is 5.91 Å². The number of carbonyl (C=O) groups excluding carboxylic acids is 1. The molecular weight excluding hydrogens is 220 g/mol. The zero-order chi connectivity index (χ0) is 12.3. The van der Waals surface area contributed by atoms with Crippen LogP contribution >= 0.6 is 0 Å². The highest BCUT2D eigenvalue weighted by Crippen LogP contribution is 2.14. The molecule has 0 saturated carbocycles. The molecule has 3 N–H and O–H groups in total. The summed E-state index contributed by atoms with van der Waals surface area (Å²) >= 11 is 0. The van der Waals surface area contributed by atoms with Gasteiger partial charge in [-0.2, -0.15) is 0 Å². The first-order valence-corrected chi connectivity index (χ1v) is 5.33. The summed E-state index contributed by atoms with van der Waals surface area (Å²) < 4.78 is 10.4. The lowest BCUT2D eigenvalue weighted by Crippen LogP contribution is -2.25. The van der Waals surface area contributed by atoms with Gasteiger partial charge in [0.05, 0.1) is 18.8 Å². The van der Waals surface area contributed by atoms with E-state index in [4.69, 9.17) is 14.6 Å². The standard InChI is InChI=1S/C12H14N2O3/c1-8(10-3-2-6-16-10)14-12(15)11-5-4-9(7-13)17-11/h2-6,8H,7,13H2,1H3,(H,14,15). The van der Waals surface area contributed by atoms with E-state index < -0.39 is 0 Å². The first-order chi connectivity index (χ1) is 8.20. The minimum absolute atomic E-state index is 0.205. The van der Waals surface area contributed by atoms with Crippen molar-refractivity contribution >= 4 is 5.91 Å². The Bertz CT molecular complexity index is 488. The van der Waals surface area contributed by atoms with Crippen LogP contribution in [0.5, 0.6) is 0 Å². The third kappa shape index (κ3) is 2.57. The van der Waals surface area contributed by atoms with Crippen LogP contribution in [-0.2, 0) is 6.54 Å². The Morgan fingerprint density at radius 1 is 1.47 bits per heavy atom. The first kappa shape index (κ1) is 11.5. The Balaban J connectivity index is 2.01. The third-order valence-corrected chi connectivity index (χ3v) is 2.40. The fourth-order valence-corrected chi connectivity index (χ4v) is 1.49. The molecule has 2 aromatic heterocycles. The zero-order valence-electron chi connectivity index (χ0n) is 9.47. The van der Waals surface area contributed by atoms with E-state index in [-0.39, 0.29) is 24.3 Å². The molecule has 5 heteroatoms. The van der Waals surface area contributed by atoms with E-state index >= 15 is 0 Å². The minimum atomic E-state index is -0.284. The van der Waals surface area contributed by atoms with Crippen LogP contribution in [0.1, 0.15) is 35.0 Å². The number of nitrogens with one attached hydrogen (secondary N) is 1. The molecule has 0 aliphatic rings. The molecule has 0 spiro atoms. The van der Waals surface area contributed by atoms with Crippen LogP contribution in [0.15, 0.2) is 39.4 Å². The Morgan fingerprint density at radius 2 is 2.29 bits per heavy atom. The van der Waals surface area contributed by atoms with E-state index in [1.807, 2.05) is 6.92 Å². The molecule has 0 fully saturated rings. The van der Waals surface area contributed by atoms with E-state index in [1.165, 1.54) is 0 Å². The molecule has 0 saturated heterocycles. The molecule has 17 heavy (non-hydrogen) atoms. The highest BCUT2D eigenvalue weighted by molar-refractivity contribution is 5.91. The summed E-state index contributed by atoms with van der Waals surface area (Å²) in [6.45, 7) is 2.12. The van der Waals surface area contributed by atoms with Crippen molar-refractivity contribution in [1.82, 2.24) is 5.32 Å². The predicted octanol–water partition coefficient (Wildman–Crippen LogP) is 1.82. The van der Waals surface area contributed by atoms with Crippen molar-refractivity contribution in [1.29, 1.82) is 0 Å². The normalized spacial score (nSPS) is 12.4. The molecule has 5 nitrogen and oxygen atoms in total. The van der Waals surface area contributed by atoms with Gasteiger partial charge in [-0.3, -0.25) is 4.79 Å². The second kappa shape index (κ2) is 4.88. The van der Waals surface area contributed by atoms with Gasteiger partial charge in [-0.1, -0.05) is 0 Å². The molecule has 0 bridgehead atoms. The van der Waals surface area contributed by atoms with E-state index in [1.54, 1.807) is 30.5 Å². The Hall–Kier alpha value is -2.01. The van der Waals surface area contributed by atoms with Crippen LogP contribution in [0.4, 0.5) is 0 Å². The van der Waals surface area contributed by atoms with Crippen LogP contribution < -0.4 is 11.1 Å². The molecule has 90 valence electrons. The van der Waals surface area contributed by atoms with Gasteiger partial charge in [0.15, 0.2) is 5.76 Å². The second-order valence-electron chi connectivity index (χ2n) is 3.68. The van der Waals surface area contributed by atoms with Crippen molar-refractivity contribution in [3.05, 3.63) is 47.8 Å². The van der Waals surface area contributed by atoms with Crippen molar-refractivity contribution in [3.63, 3.8) is 0 Å². The van der Waals surface area contributed by atoms with Crippen molar-refractivity contribution in [3.8, 4) is 0 Å². The molecule has 2 aromatic rings. The van der Waals surface area contributed by atoms with Gasteiger partial charge < -0.3 is 19.9 Å². The molecule has 0 radical (unpaired) electrons. The number of amides is 1. The van der Waals surface area contributed by atoms with Crippen LogP contribution in [0.3, 0.4) is 0 Å². The number of nitrogens with two attached hydrogens (primary N) is 1. The van der Waals surface area contributed by atoms with E-state index in [0.29, 0.717) is 11.5 Å². The monoisotopic (exact) mass is 234 g/mol. The molecule has 1 atom stereocenters. The Labute approximate surface area is 98.6 Å². The molecule has 2 heterocycles. The van der Waals surface area contributed by atoms with Gasteiger partial charge in [-0.05, 0) is 31.2 Å². The number of hydrogen-bond donors (Lipinski definition) is 2. The summed E-state index contributed by atoms with van der Waals surface area (Å²) in [5.41, 5.74) is 5.40. The SMILES string of the molecule is CC(NC(=O)c1ccc(CN)o1)c1ccco1. The summed E-state index contributed by atoms with van der Waals surface area (Å²) in [6, 6.07) is 6.67. The quantitative estimate of drug-likeness (QED) is 0.845. The van der Waals surface area contributed by atoms with E-state index in [2.05, 4.69) is 5.32 Å². The maximum atomic E-state index is 11.8. The predicted molar refractivity (Wildman–Crippen MR) is 61.2 cm³/mol. The van der Waals surface area contributed by atoms with Crippen LogP contribution in [0.25, 0.3) is 0 Å². The average Bonchev–Trinajstić information content (AvgIpc) is 3.00. The second-order valence-corrected chi connectivity index (χ2v) is 3.68. The lowest BCUT2D eigenvalue weighted by Gasteiger charge is -2.09. The Morgan fingerprint density at radius 3 is 2.88 bits per heavy atom. The topological polar surface area (TPSA) is 81.4 Å². The van der Waals surface area contributed by atoms with Gasteiger partial charge in [0.2, 0.25) is 0 Å². The van der Waals surface area contributed by atoms with Crippen molar-refractivity contribution in [2.75, 3.05) is 0 Å². The molecule has 0 aliphatic carbocycles. The van der Waals surface area contributed by atoms with Crippen molar-refractivity contribution in [2.45, 2.75) is 19.5 Å². The molecule has 1 amide bonds. The summed E-state index contributed by atoms with van der Waals surface area (Å²) in [5, 5.41) is 2.77. The van der Waals surface area contributed by atoms with Crippen molar-refractivity contribution < 1.29 is 13.6 Å². The van der Waals surface area contributed by atoms with Crippen LogP contribution in [0.2, 0.25) is 0 Å². The summed E-state index contributed by atoms with van der Waals surface area (Å²) in [4.78, 5) is 11.8. The molecule has 0 aliphatic heterocycles. The van der Waals surface area contributed by atoms with Gasteiger partial charge in [0, 0.05) is 0 Å². The zero-order valence-corrected chi connectivity index (χ0v) is 9.47. The minimum Gasteiger partial charge on any atom is -0.467 e. The van der Waals surface area contributed by atoms with Gasteiger partial charge >= 0.3 is 0 Å². The summed E-state index contributed by atoms with van der Waals surface area (Å²) in [6.07, 6.45) is 1.57. The van der Waals surface area contributed by atoms with Crippen LogP contribution in [-0.4, -0.2) is 5.91 Å². The average molecular weight is 234 g/mol. The summed E-state index contributed by atoms with van der Waals surface area (Å²) in [5.74, 6) is 1.25. The number of rotatable bonds is 4. The number of hydrogen-bond acceptors (Lipinski definition) is 4. The van der Waals surface area contributed by atoms with E-state index in [9.17, 15) is 4.79 Å². The molecule has 2 rings (SSSR count). The first-order valence-electron chi connectivity index (χ1n) is 5.33. The molecule has 1 unspecified atom stereocenters. The maximum absolute atomic E-state index is 11.8. The van der Waals surface area contributed by atoms with Gasteiger partial charge in [0.1, 0.15) is 11.5 Å². The van der Waals surface area contributed by atoms with Gasteiger partial charge in [-0.15, -0.1) is 0 Å². The number of furan rings is 2. The number of carbonyl (C=O) groups is 1. The molecular formula is C12H14N2O3. The fraction of sp³-hybridized carbons (Fsp3) is 0.250. The Kier molecular flexibility index (Phi) is 3.30. The van der Waals surface area contributed by atoms with Crippen molar-refractivity contribution in [2.24, 2.45) is 5.73 Å². The lowest BCUT2D eigenvalue weighted by atomic mass is 10.2. The highest BCUT2D eigenvalue weighted by Gasteiger charge is 2.15. The molecule has 0 aromatic carbocycles. The third-order valence-electron chi connectivity index (χ3n) is 2.40.